The fraction of sp³-hybridized carbons (Fsp3) is 0.300. The summed E-state index contributed by atoms with van der Waals surface area (Å²) in [6.07, 6.45) is 3.06. The first-order chi connectivity index (χ1) is 8.56. The number of nitrogens with zero attached hydrogens (tertiary/aromatic N) is 2. The third-order valence-electron chi connectivity index (χ3n) is 2.35. The normalized spacial score (nSPS) is 11.7. The van der Waals surface area contributed by atoms with Gasteiger partial charge in [0.15, 0.2) is 0 Å². The Balaban J connectivity index is 2.27. The van der Waals surface area contributed by atoms with E-state index in [1.807, 2.05) is 6.92 Å². The fourth-order valence-corrected chi connectivity index (χ4v) is 3.81. The highest BCUT2D eigenvalue weighted by Crippen LogP contribution is 2.24. The zero-order chi connectivity index (χ0) is 13.2. The van der Waals surface area contributed by atoms with Gasteiger partial charge in [0.05, 0.1) is 23.4 Å². The molecule has 0 saturated heterocycles. The van der Waals surface area contributed by atoms with Crippen LogP contribution in [0.2, 0.25) is 0 Å². The van der Waals surface area contributed by atoms with Crippen LogP contribution >= 0.6 is 11.3 Å². The fourth-order valence-electron chi connectivity index (χ4n) is 1.48. The van der Waals surface area contributed by atoms with Gasteiger partial charge in [0, 0.05) is 12.7 Å². The molecular weight excluding hydrogens is 274 g/mol. The minimum absolute atomic E-state index is 0.110. The van der Waals surface area contributed by atoms with Crippen molar-refractivity contribution in [2.45, 2.75) is 25.0 Å². The van der Waals surface area contributed by atoms with Gasteiger partial charge in [-0.15, -0.1) is 11.3 Å². The molecule has 0 radical (unpaired) electrons. The molecule has 2 rings (SSSR count). The molecule has 0 saturated carbocycles. The number of anilines is 1. The quantitative estimate of drug-likeness (QED) is 0.867. The smallest absolute Gasteiger partial charge is 0.263 e. The zero-order valence-electron chi connectivity index (χ0n) is 9.70. The lowest BCUT2D eigenvalue weighted by Crippen LogP contribution is -2.13. The molecule has 2 aromatic heterocycles. The maximum atomic E-state index is 12.1. The van der Waals surface area contributed by atoms with E-state index in [1.54, 1.807) is 16.3 Å². The number of aliphatic hydroxyl groups excluding tert-OH is 1. The molecule has 0 aromatic carbocycles. The number of rotatable bonds is 5. The van der Waals surface area contributed by atoms with Crippen molar-refractivity contribution in [3.63, 3.8) is 0 Å². The maximum Gasteiger partial charge on any atom is 0.263 e. The summed E-state index contributed by atoms with van der Waals surface area (Å²) >= 11 is 1.21. The average molecular weight is 287 g/mol. The molecule has 0 aliphatic carbocycles. The number of aromatic nitrogens is 2. The number of sulfonamides is 1. The van der Waals surface area contributed by atoms with Gasteiger partial charge >= 0.3 is 0 Å². The van der Waals surface area contributed by atoms with Crippen molar-refractivity contribution in [3.8, 4) is 0 Å². The third kappa shape index (κ3) is 2.55. The van der Waals surface area contributed by atoms with E-state index in [4.69, 9.17) is 5.11 Å². The van der Waals surface area contributed by atoms with Crippen LogP contribution < -0.4 is 4.72 Å². The van der Waals surface area contributed by atoms with Crippen LogP contribution in [0.5, 0.6) is 0 Å². The zero-order valence-corrected chi connectivity index (χ0v) is 11.3. The van der Waals surface area contributed by atoms with Crippen molar-refractivity contribution in [1.82, 2.24) is 9.78 Å². The summed E-state index contributed by atoms with van der Waals surface area (Å²) < 4.78 is 28.2. The Kier molecular flexibility index (Phi) is 3.69. The van der Waals surface area contributed by atoms with E-state index in [0.717, 1.165) is 0 Å². The molecule has 0 fully saturated rings. The summed E-state index contributed by atoms with van der Waals surface area (Å²) in [5.74, 6) is 0. The van der Waals surface area contributed by atoms with Crippen molar-refractivity contribution >= 4 is 27.0 Å². The van der Waals surface area contributed by atoms with Crippen LogP contribution in [0.1, 0.15) is 11.8 Å². The van der Waals surface area contributed by atoms with Crippen LogP contribution in [0.15, 0.2) is 28.7 Å². The van der Waals surface area contributed by atoms with Gasteiger partial charge in [0.25, 0.3) is 10.0 Å². The molecule has 0 unspecified atom stereocenters. The molecule has 8 heteroatoms. The van der Waals surface area contributed by atoms with Gasteiger partial charge in [-0.05, 0) is 18.4 Å². The van der Waals surface area contributed by atoms with E-state index in [2.05, 4.69) is 9.82 Å². The van der Waals surface area contributed by atoms with Crippen molar-refractivity contribution in [3.05, 3.63) is 28.7 Å². The highest BCUT2D eigenvalue weighted by Gasteiger charge is 2.19. The van der Waals surface area contributed by atoms with E-state index in [0.29, 0.717) is 17.1 Å². The second kappa shape index (κ2) is 5.09. The molecule has 0 aliphatic heterocycles. The highest BCUT2D eigenvalue weighted by atomic mass is 32.2. The maximum absolute atomic E-state index is 12.1. The standard InChI is InChI=1S/C10H13N3O3S2/c1-2-13-6-8(5-11-13)12-18(15,16)10-3-4-17-9(10)7-14/h3-6,12,14H,2,7H2,1H3. The topological polar surface area (TPSA) is 84.2 Å². The van der Waals surface area contributed by atoms with E-state index in [1.165, 1.54) is 23.6 Å². The minimum atomic E-state index is -3.66. The first kappa shape index (κ1) is 13.1. The number of aryl methyl sites for hydroxylation is 1. The summed E-state index contributed by atoms with van der Waals surface area (Å²) in [5.41, 5.74) is 0.409. The van der Waals surface area contributed by atoms with Crippen molar-refractivity contribution in [2.75, 3.05) is 4.72 Å². The van der Waals surface area contributed by atoms with Gasteiger partial charge < -0.3 is 5.11 Å². The molecule has 2 N–H and O–H groups in total. The summed E-state index contributed by atoms with van der Waals surface area (Å²) in [4.78, 5) is 0.532. The first-order valence-corrected chi connectivity index (χ1v) is 7.65. The second-order valence-electron chi connectivity index (χ2n) is 3.56. The van der Waals surface area contributed by atoms with Crippen molar-refractivity contribution < 1.29 is 13.5 Å². The molecule has 0 aliphatic rings. The molecule has 98 valence electrons. The van der Waals surface area contributed by atoms with E-state index >= 15 is 0 Å². The highest BCUT2D eigenvalue weighted by molar-refractivity contribution is 7.93. The number of thiophene rings is 1. The molecule has 2 heterocycles. The van der Waals surface area contributed by atoms with E-state index < -0.39 is 10.0 Å². The van der Waals surface area contributed by atoms with Crippen molar-refractivity contribution in [1.29, 1.82) is 0 Å². The van der Waals surface area contributed by atoms with Crippen LogP contribution in [0, 0.1) is 0 Å². The number of hydrogen-bond donors (Lipinski definition) is 2. The Bertz CT molecular complexity index is 630. The van der Waals surface area contributed by atoms with Gasteiger partial charge in [-0.1, -0.05) is 0 Å². The SMILES string of the molecule is CCn1cc(NS(=O)(=O)c2ccsc2CO)cn1. The summed E-state index contributed by atoms with van der Waals surface area (Å²) in [5, 5.41) is 14.7. The summed E-state index contributed by atoms with van der Waals surface area (Å²) in [7, 11) is -3.66. The van der Waals surface area contributed by atoms with Crippen molar-refractivity contribution in [2.24, 2.45) is 0 Å². The largest absolute Gasteiger partial charge is 0.391 e. The molecule has 18 heavy (non-hydrogen) atoms. The summed E-state index contributed by atoms with van der Waals surface area (Å²) in [6, 6.07) is 1.47. The average Bonchev–Trinajstić information content (AvgIpc) is 2.96. The van der Waals surface area contributed by atoms with Gasteiger partial charge in [-0.2, -0.15) is 5.10 Å². The predicted molar refractivity (Wildman–Crippen MR) is 69.0 cm³/mol. The second-order valence-corrected chi connectivity index (χ2v) is 6.21. The van der Waals surface area contributed by atoms with Gasteiger partial charge in [-0.25, -0.2) is 8.42 Å². The Morgan fingerprint density at radius 3 is 2.94 bits per heavy atom. The molecular formula is C10H13N3O3S2. The van der Waals surface area contributed by atoms with Crippen LogP contribution in [-0.2, 0) is 23.2 Å². The lowest BCUT2D eigenvalue weighted by atomic mass is 10.5. The number of hydrogen-bond acceptors (Lipinski definition) is 5. The lowest BCUT2D eigenvalue weighted by molar-refractivity contribution is 0.282. The van der Waals surface area contributed by atoms with Crippen LogP contribution in [0.4, 0.5) is 5.69 Å². The van der Waals surface area contributed by atoms with Gasteiger partial charge in [0.1, 0.15) is 4.90 Å². The third-order valence-corrected chi connectivity index (χ3v) is 4.85. The summed E-state index contributed by atoms with van der Waals surface area (Å²) in [6.45, 7) is 2.29. The predicted octanol–water partition coefficient (Wildman–Crippen LogP) is 1.26. The minimum Gasteiger partial charge on any atom is -0.391 e. The van der Waals surface area contributed by atoms with Crippen LogP contribution in [-0.4, -0.2) is 23.3 Å². The molecule has 0 amide bonds. The van der Waals surface area contributed by atoms with E-state index in [-0.39, 0.29) is 11.5 Å². The first-order valence-electron chi connectivity index (χ1n) is 5.29. The molecule has 0 bridgehead atoms. The molecule has 6 nitrogen and oxygen atoms in total. The van der Waals surface area contributed by atoms with Crippen LogP contribution in [0.3, 0.4) is 0 Å². The Hall–Kier alpha value is -1.38. The number of aliphatic hydroxyl groups is 1. The Morgan fingerprint density at radius 2 is 2.33 bits per heavy atom. The molecule has 0 atom stereocenters. The Morgan fingerprint density at radius 1 is 1.56 bits per heavy atom. The monoisotopic (exact) mass is 287 g/mol. The van der Waals surface area contributed by atoms with E-state index in [9.17, 15) is 8.42 Å². The Labute approximate surface area is 109 Å². The van der Waals surface area contributed by atoms with Crippen LogP contribution in [0.25, 0.3) is 0 Å². The molecule has 2 aromatic rings. The number of nitrogens with one attached hydrogen (secondary N) is 1. The molecule has 0 spiro atoms. The van der Waals surface area contributed by atoms with Gasteiger partial charge in [0.2, 0.25) is 0 Å². The lowest BCUT2D eigenvalue weighted by Gasteiger charge is -2.05. The van der Waals surface area contributed by atoms with Gasteiger partial charge in [-0.3, -0.25) is 9.40 Å².